The average Bonchev–Trinajstić information content (AvgIpc) is 2.94. The smallest absolute Gasteiger partial charge is 0.317 e. The first-order valence-electron chi connectivity index (χ1n) is 7.02. The number of urea groups is 1. The molecule has 0 unspecified atom stereocenters. The van der Waals surface area contributed by atoms with Crippen LogP contribution < -0.4 is 5.32 Å². The lowest BCUT2D eigenvalue weighted by molar-refractivity contribution is 0.202. The van der Waals surface area contributed by atoms with Gasteiger partial charge in [-0.15, -0.1) is 0 Å². The number of benzene rings is 1. The molecular formula is C15H22ClN3O. The number of carbonyl (C=O) groups excluding carboxylic acids is 1. The molecule has 2 amide bonds. The monoisotopic (exact) mass is 295 g/mol. The third-order valence-corrected chi connectivity index (χ3v) is 3.97. The van der Waals surface area contributed by atoms with Crippen LogP contribution in [0.1, 0.15) is 24.4 Å². The number of amides is 2. The molecule has 5 heteroatoms. The third kappa shape index (κ3) is 3.87. The highest BCUT2D eigenvalue weighted by Gasteiger charge is 2.20. The quantitative estimate of drug-likeness (QED) is 0.927. The van der Waals surface area contributed by atoms with Gasteiger partial charge in [-0.1, -0.05) is 23.7 Å². The Morgan fingerprint density at radius 2 is 1.90 bits per heavy atom. The van der Waals surface area contributed by atoms with Crippen LogP contribution in [0.15, 0.2) is 24.3 Å². The van der Waals surface area contributed by atoms with E-state index in [9.17, 15) is 4.79 Å². The molecule has 0 aromatic heterocycles. The second-order valence-electron chi connectivity index (χ2n) is 5.41. The number of likely N-dealkylation sites (N-methyl/N-ethyl adjacent to an activating group) is 1. The molecule has 0 saturated carbocycles. The average molecular weight is 296 g/mol. The number of halogens is 1. The Kier molecular flexibility index (Phi) is 5.26. The normalized spacial score (nSPS) is 16.5. The van der Waals surface area contributed by atoms with E-state index < -0.39 is 0 Å². The van der Waals surface area contributed by atoms with Gasteiger partial charge in [-0.2, -0.15) is 0 Å². The maximum absolute atomic E-state index is 12.0. The molecule has 0 bridgehead atoms. The van der Waals surface area contributed by atoms with Gasteiger partial charge in [0.05, 0.1) is 6.04 Å². The zero-order valence-corrected chi connectivity index (χ0v) is 12.9. The number of rotatable bonds is 4. The van der Waals surface area contributed by atoms with Crippen LogP contribution in [0.25, 0.3) is 0 Å². The van der Waals surface area contributed by atoms with Gasteiger partial charge in [0.1, 0.15) is 0 Å². The van der Waals surface area contributed by atoms with Crippen molar-refractivity contribution in [3.8, 4) is 0 Å². The van der Waals surface area contributed by atoms with Gasteiger partial charge >= 0.3 is 6.03 Å². The van der Waals surface area contributed by atoms with Gasteiger partial charge in [-0.05, 0) is 44.6 Å². The summed E-state index contributed by atoms with van der Waals surface area (Å²) in [5, 5.41) is 3.76. The molecule has 1 N–H and O–H groups in total. The molecule has 1 heterocycles. The number of carbonyl (C=O) groups is 1. The van der Waals surface area contributed by atoms with Gasteiger partial charge in [-0.3, -0.25) is 0 Å². The molecule has 0 aliphatic carbocycles. The van der Waals surface area contributed by atoms with Crippen LogP contribution in [0, 0.1) is 0 Å². The zero-order valence-electron chi connectivity index (χ0n) is 12.1. The van der Waals surface area contributed by atoms with Crippen LogP contribution >= 0.6 is 11.6 Å². The van der Waals surface area contributed by atoms with E-state index in [1.54, 1.807) is 0 Å². The first kappa shape index (κ1) is 15.1. The van der Waals surface area contributed by atoms with E-state index in [4.69, 9.17) is 11.6 Å². The van der Waals surface area contributed by atoms with Gasteiger partial charge in [0.2, 0.25) is 0 Å². The lowest BCUT2D eigenvalue weighted by Gasteiger charge is -2.26. The Bertz CT molecular complexity index is 441. The van der Waals surface area contributed by atoms with E-state index >= 15 is 0 Å². The van der Waals surface area contributed by atoms with Crippen molar-refractivity contribution in [1.82, 2.24) is 15.1 Å². The highest BCUT2D eigenvalue weighted by molar-refractivity contribution is 6.30. The molecule has 110 valence electrons. The van der Waals surface area contributed by atoms with Gasteiger partial charge in [0, 0.05) is 24.7 Å². The molecular weight excluding hydrogens is 274 g/mol. The molecule has 1 aromatic rings. The van der Waals surface area contributed by atoms with Gasteiger partial charge in [0.15, 0.2) is 0 Å². The number of hydrogen-bond acceptors (Lipinski definition) is 2. The van der Waals surface area contributed by atoms with Crippen LogP contribution in [0.2, 0.25) is 5.02 Å². The van der Waals surface area contributed by atoms with E-state index in [1.165, 1.54) is 0 Å². The highest BCUT2D eigenvalue weighted by atomic mass is 35.5. The molecule has 1 atom stereocenters. The van der Waals surface area contributed by atoms with Crippen molar-refractivity contribution < 1.29 is 4.79 Å². The minimum atomic E-state index is 0.0447. The fraction of sp³-hybridized carbons (Fsp3) is 0.533. The molecule has 0 radical (unpaired) electrons. The summed E-state index contributed by atoms with van der Waals surface area (Å²) in [6.07, 6.45) is 2.23. The predicted octanol–water partition coefficient (Wildman–Crippen LogP) is 2.75. The van der Waals surface area contributed by atoms with Crippen LogP contribution in [0.3, 0.4) is 0 Å². The van der Waals surface area contributed by atoms with Crippen LogP contribution in [0.5, 0.6) is 0 Å². The second kappa shape index (κ2) is 6.95. The molecule has 1 aliphatic heterocycles. The van der Waals surface area contributed by atoms with Gasteiger partial charge < -0.3 is 15.1 Å². The number of nitrogens with zero attached hydrogens (tertiary/aromatic N) is 2. The standard InChI is InChI=1S/C15H22ClN3O/c1-18(2)14(12-5-7-13(16)8-6-12)11-17-15(20)19-9-3-4-10-19/h5-8,14H,3-4,9-11H2,1-2H3,(H,17,20)/t14-/m0/s1. The minimum Gasteiger partial charge on any atom is -0.336 e. The Hall–Kier alpha value is -1.26. The molecule has 2 rings (SSSR count). The zero-order chi connectivity index (χ0) is 14.5. The maximum atomic E-state index is 12.0. The van der Waals surface area contributed by atoms with E-state index in [1.807, 2.05) is 43.3 Å². The molecule has 1 fully saturated rings. The fourth-order valence-corrected chi connectivity index (χ4v) is 2.63. The minimum absolute atomic E-state index is 0.0447. The first-order chi connectivity index (χ1) is 9.58. The van der Waals surface area contributed by atoms with Gasteiger partial charge in [0.25, 0.3) is 0 Å². The number of hydrogen-bond donors (Lipinski definition) is 1. The van der Waals surface area contributed by atoms with Crippen molar-refractivity contribution in [1.29, 1.82) is 0 Å². The fourth-order valence-electron chi connectivity index (χ4n) is 2.50. The maximum Gasteiger partial charge on any atom is 0.317 e. The summed E-state index contributed by atoms with van der Waals surface area (Å²) >= 11 is 5.92. The Balaban J connectivity index is 1.95. The molecule has 1 aliphatic rings. The lowest BCUT2D eigenvalue weighted by atomic mass is 10.1. The number of nitrogens with one attached hydrogen (secondary N) is 1. The summed E-state index contributed by atoms with van der Waals surface area (Å²) in [5.74, 6) is 0. The van der Waals surface area contributed by atoms with Crippen LogP contribution in [-0.4, -0.2) is 49.6 Å². The highest BCUT2D eigenvalue weighted by Crippen LogP contribution is 2.20. The van der Waals surface area contributed by atoms with Crippen LogP contribution in [0.4, 0.5) is 4.79 Å². The molecule has 1 saturated heterocycles. The lowest BCUT2D eigenvalue weighted by Crippen LogP contribution is -2.42. The van der Waals surface area contributed by atoms with E-state index in [0.29, 0.717) is 6.54 Å². The van der Waals surface area contributed by atoms with Crippen molar-refractivity contribution in [2.24, 2.45) is 0 Å². The summed E-state index contributed by atoms with van der Waals surface area (Å²) in [6.45, 7) is 2.35. The molecule has 4 nitrogen and oxygen atoms in total. The summed E-state index contributed by atoms with van der Waals surface area (Å²) in [5.41, 5.74) is 1.15. The largest absolute Gasteiger partial charge is 0.336 e. The Labute approximate surface area is 125 Å². The molecule has 0 spiro atoms. The molecule has 20 heavy (non-hydrogen) atoms. The van der Waals surface area contributed by atoms with E-state index in [0.717, 1.165) is 36.5 Å². The summed E-state index contributed by atoms with van der Waals surface area (Å²) in [4.78, 5) is 16.0. The third-order valence-electron chi connectivity index (χ3n) is 3.72. The van der Waals surface area contributed by atoms with Crippen molar-refractivity contribution >= 4 is 17.6 Å². The second-order valence-corrected chi connectivity index (χ2v) is 5.85. The summed E-state index contributed by atoms with van der Waals surface area (Å²) in [7, 11) is 4.03. The molecule has 1 aromatic carbocycles. The van der Waals surface area contributed by atoms with E-state index in [-0.39, 0.29) is 12.1 Å². The SMILES string of the molecule is CN(C)[C@@H](CNC(=O)N1CCCC1)c1ccc(Cl)cc1. The van der Waals surface area contributed by atoms with Crippen molar-refractivity contribution in [3.63, 3.8) is 0 Å². The van der Waals surface area contributed by atoms with Gasteiger partial charge in [-0.25, -0.2) is 4.79 Å². The first-order valence-corrected chi connectivity index (χ1v) is 7.40. The topological polar surface area (TPSA) is 35.6 Å². The Morgan fingerprint density at radius 1 is 1.30 bits per heavy atom. The summed E-state index contributed by atoms with van der Waals surface area (Å²) in [6, 6.07) is 7.98. The van der Waals surface area contributed by atoms with Crippen LogP contribution in [-0.2, 0) is 0 Å². The van der Waals surface area contributed by atoms with Crippen molar-refractivity contribution in [3.05, 3.63) is 34.9 Å². The Morgan fingerprint density at radius 3 is 2.45 bits per heavy atom. The summed E-state index contributed by atoms with van der Waals surface area (Å²) < 4.78 is 0. The number of likely N-dealkylation sites (tertiary alicyclic amines) is 1. The van der Waals surface area contributed by atoms with Crippen molar-refractivity contribution in [2.45, 2.75) is 18.9 Å². The predicted molar refractivity (Wildman–Crippen MR) is 82.1 cm³/mol. The van der Waals surface area contributed by atoms with E-state index in [2.05, 4.69) is 10.2 Å². The van der Waals surface area contributed by atoms with Crippen molar-refractivity contribution in [2.75, 3.05) is 33.7 Å².